The molecule has 1 aliphatic carbocycles. The summed E-state index contributed by atoms with van der Waals surface area (Å²) in [4.78, 5) is 0. The second kappa shape index (κ2) is 7.16. The summed E-state index contributed by atoms with van der Waals surface area (Å²) in [5, 5.41) is 3.47. The van der Waals surface area contributed by atoms with Gasteiger partial charge in [0.05, 0.1) is 0 Å². The van der Waals surface area contributed by atoms with Gasteiger partial charge in [-0.25, -0.2) is 0 Å². The van der Waals surface area contributed by atoms with Gasteiger partial charge in [-0.15, -0.1) is 13.2 Å². The number of hydrogen-bond acceptors (Lipinski definition) is 2. The summed E-state index contributed by atoms with van der Waals surface area (Å²) in [7, 11) is 0. The zero-order valence-corrected chi connectivity index (χ0v) is 12.2. The summed E-state index contributed by atoms with van der Waals surface area (Å²) < 4.78 is 40.4. The lowest BCUT2D eigenvalue weighted by molar-refractivity contribution is -0.274. The third-order valence-corrected chi connectivity index (χ3v) is 3.72. The molecule has 1 fully saturated rings. The monoisotopic (exact) mass is 301 g/mol. The lowest BCUT2D eigenvalue weighted by Gasteiger charge is -2.19. The Labute approximate surface area is 123 Å². The van der Waals surface area contributed by atoms with Crippen molar-refractivity contribution in [1.82, 2.24) is 5.32 Å². The quantitative estimate of drug-likeness (QED) is 0.743. The van der Waals surface area contributed by atoms with E-state index in [1.165, 1.54) is 31.4 Å². The maximum atomic E-state index is 12.1. The highest BCUT2D eigenvalue weighted by molar-refractivity contribution is 5.29. The van der Waals surface area contributed by atoms with Crippen LogP contribution in [0.3, 0.4) is 0 Å². The molecule has 1 N–H and O–H groups in total. The highest BCUT2D eigenvalue weighted by Crippen LogP contribution is 2.36. The Bertz CT molecular complexity index is 426. The highest BCUT2D eigenvalue weighted by atomic mass is 19.4. The molecule has 1 aromatic carbocycles. The summed E-state index contributed by atoms with van der Waals surface area (Å²) in [6, 6.07) is 6.44. The smallest absolute Gasteiger partial charge is 0.406 e. The molecule has 1 saturated carbocycles. The number of halogens is 3. The van der Waals surface area contributed by atoms with Gasteiger partial charge < -0.3 is 10.1 Å². The number of nitrogens with one attached hydrogen (secondary N) is 1. The second-order valence-corrected chi connectivity index (χ2v) is 5.64. The minimum atomic E-state index is -4.63. The van der Waals surface area contributed by atoms with E-state index in [-0.39, 0.29) is 11.8 Å². The molecule has 2 rings (SSSR count). The lowest BCUT2D eigenvalue weighted by atomic mass is 10.00. The van der Waals surface area contributed by atoms with Crippen molar-refractivity contribution in [2.24, 2.45) is 5.92 Å². The predicted molar refractivity (Wildman–Crippen MR) is 76.1 cm³/mol. The maximum absolute atomic E-state index is 12.1. The first-order valence-corrected chi connectivity index (χ1v) is 7.57. The molecule has 0 saturated heterocycles. The van der Waals surface area contributed by atoms with Crippen LogP contribution in [0.25, 0.3) is 0 Å². The van der Waals surface area contributed by atoms with Gasteiger partial charge in [0.1, 0.15) is 5.75 Å². The van der Waals surface area contributed by atoms with Gasteiger partial charge in [0.25, 0.3) is 0 Å². The molecule has 1 atom stereocenters. The fourth-order valence-corrected chi connectivity index (χ4v) is 2.42. The minimum Gasteiger partial charge on any atom is -0.406 e. The predicted octanol–water partition coefficient (Wildman–Crippen LogP) is 4.82. The lowest BCUT2D eigenvalue weighted by Crippen LogP contribution is -2.22. The topological polar surface area (TPSA) is 21.3 Å². The van der Waals surface area contributed by atoms with Gasteiger partial charge in [0, 0.05) is 6.04 Å². The molecule has 0 aliphatic heterocycles. The molecule has 0 bridgehead atoms. The zero-order chi connectivity index (χ0) is 15.3. The average Bonchev–Trinajstić information content (AvgIpc) is 3.22. The molecular formula is C16H22F3NO. The van der Waals surface area contributed by atoms with Gasteiger partial charge in [0.2, 0.25) is 0 Å². The van der Waals surface area contributed by atoms with Crippen molar-refractivity contribution in [3.8, 4) is 5.75 Å². The van der Waals surface area contributed by atoms with Gasteiger partial charge in [-0.3, -0.25) is 0 Å². The van der Waals surface area contributed by atoms with Crippen molar-refractivity contribution in [1.29, 1.82) is 0 Å². The molecule has 1 aromatic rings. The molecule has 0 amide bonds. The molecule has 0 spiro atoms. The van der Waals surface area contributed by atoms with Gasteiger partial charge in [-0.1, -0.05) is 31.9 Å². The Hall–Kier alpha value is -1.23. The molecule has 21 heavy (non-hydrogen) atoms. The standard InChI is InChI=1S/C16H22F3NO/c1-2-11-20-15(10-5-12-3-4-12)13-6-8-14(9-7-13)21-16(17,18)19/h6-9,12,15,20H,2-5,10-11H2,1H3. The van der Waals surface area contributed by atoms with Crippen molar-refractivity contribution in [2.75, 3.05) is 6.54 Å². The fraction of sp³-hybridized carbons (Fsp3) is 0.625. The van der Waals surface area contributed by atoms with Crippen LogP contribution in [-0.2, 0) is 0 Å². The molecule has 1 aliphatic rings. The van der Waals surface area contributed by atoms with Gasteiger partial charge >= 0.3 is 6.36 Å². The SMILES string of the molecule is CCCNC(CCC1CC1)c1ccc(OC(F)(F)F)cc1. The normalized spacial score (nSPS) is 16.8. The van der Waals surface area contributed by atoms with E-state index in [9.17, 15) is 13.2 Å². The van der Waals surface area contributed by atoms with E-state index in [4.69, 9.17) is 0 Å². The van der Waals surface area contributed by atoms with Crippen LogP contribution in [0.5, 0.6) is 5.75 Å². The second-order valence-electron chi connectivity index (χ2n) is 5.64. The van der Waals surface area contributed by atoms with Crippen molar-refractivity contribution in [3.63, 3.8) is 0 Å². The number of hydrogen-bond donors (Lipinski definition) is 1. The molecule has 2 nitrogen and oxygen atoms in total. The van der Waals surface area contributed by atoms with E-state index in [0.717, 1.165) is 30.9 Å². The molecular weight excluding hydrogens is 279 g/mol. The highest BCUT2D eigenvalue weighted by Gasteiger charge is 2.31. The van der Waals surface area contributed by atoms with Crippen LogP contribution in [0.4, 0.5) is 13.2 Å². The van der Waals surface area contributed by atoms with Crippen LogP contribution >= 0.6 is 0 Å². The van der Waals surface area contributed by atoms with Crippen LogP contribution in [0.15, 0.2) is 24.3 Å². The summed E-state index contributed by atoms with van der Waals surface area (Å²) in [6.07, 6.45) is 1.26. The van der Waals surface area contributed by atoms with E-state index in [1.54, 1.807) is 12.1 Å². The largest absolute Gasteiger partial charge is 0.573 e. The fourth-order valence-electron chi connectivity index (χ4n) is 2.42. The van der Waals surface area contributed by atoms with E-state index >= 15 is 0 Å². The van der Waals surface area contributed by atoms with Crippen molar-refractivity contribution >= 4 is 0 Å². The Morgan fingerprint density at radius 3 is 2.43 bits per heavy atom. The summed E-state index contributed by atoms with van der Waals surface area (Å²) in [6.45, 7) is 3.02. The Morgan fingerprint density at radius 2 is 1.90 bits per heavy atom. The van der Waals surface area contributed by atoms with E-state index in [1.807, 2.05) is 0 Å². The summed E-state index contributed by atoms with van der Waals surface area (Å²) in [5.41, 5.74) is 1.03. The first kappa shape index (κ1) is 16.1. The molecule has 5 heteroatoms. The number of ether oxygens (including phenoxy) is 1. The summed E-state index contributed by atoms with van der Waals surface area (Å²) in [5.74, 6) is 0.687. The van der Waals surface area contributed by atoms with Gasteiger partial charge in [-0.2, -0.15) is 0 Å². The van der Waals surface area contributed by atoms with Gasteiger partial charge in [-0.05, 0) is 49.4 Å². The molecule has 0 aromatic heterocycles. The minimum absolute atomic E-state index is 0.164. The molecule has 0 heterocycles. The van der Waals surface area contributed by atoms with E-state index in [2.05, 4.69) is 17.0 Å². The van der Waals surface area contributed by atoms with E-state index < -0.39 is 6.36 Å². The first-order valence-electron chi connectivity index (χ1n) is 7.57. The Balaban J connectivity index is 1.96. The number of rotatable bonds is 8. The van der Waals surface area contributed by atoms with E-state index in [0.29, 0.717) is 0 Å². The third kappa shape index (κ3) is 5.96. The number of benzene rings is 1. The van der Waals surface area contributed by atoms with Crippen molar-refractivity contribution in [3.05, 3.63) is 29.8 Å². The van der Waals surface area contributed by atoms with Gasteiger partial charge in [0.15, 0.2) is 0 Å². The van der Waals surface area contributed by atoms with Crippen LogP contribution in [-0.4, -0.2) is 12.9 Å². The Morgan fingerprint density at radius 1 is 1.24 bits per heavy atom. The molecule has 118 valence electrons. The van der Waals surface area contributed by atoms with Crippen molar-refractivity contribution in [2.45, 2.75) is 51.4 Å². The molecule has 0 radical (unpaired) electrons. The van der Waals surface area contributed by atoms with Crippen LogP contribution < -0.4 is 10.1 Å². The summed E-state index contributed by atoms with van der Waals surface area (Å²) >= 11 is 0. The van der Waals surface area contributed by atoms with Crippen LogP contribution in [0.2, 0.25) is 0 Å². The van der Waals surface area contributed by atoms with Crippen LogP contribution in [0, 0.1) is 5.92 Å². The molecule has 1 unspecified atom stereocenters. The number of alkyl halides is 3. The third-order valence-electron chi connectivity index (χ3n) is 3.72. The maximum Gasteiger partial charge on any atom is 0.573 e. The average molecular weight is 301 g/mol. The Kier molecular flexibility index (Phi) is 5.51. The van der Waals surface area contributed by atoms with Crippen molar-refractivity contribution < 1.29 is 17.9 Å². The van der Waals surface area contributed by atoms with Crippen LogP contribution in [0.1, 0.15) is 50.6 Å². The zero-order valence-electron chi connectivity index (χ0n) is 12.2. The first-order chi connectivity index (χ1) is 9.98.